The highest BCUT2D eigenvalue weighted by atomic mass is 16.5. The van der Waals surface area contributed by atoms with Gasteiger partial charge in [-0.3, -0.25) is 19.0 Å². The maximum Gasteiger partial charge on any atom is 0.333 e. The summed E-state index contributed by atoms with van der Waals surface area (Å²) >= 11 is 0. The second-order valence-electron chi connectivity index (χ2n) is 11.9. The first-order valence-corrected chi connectivity index (χ1v) is 17.6. The maximum atomic E-state index is 12.7. The van der Waals surface area contributed by atoms with Gasteiger partial charge in [0, 0.05) is 37.5 Å². The minimum atomic E-state index is -0.976. The number of benzene rings is 2. The van der Waals surface area contributed by atoms with Gasteiger partial charge in [0.2, 0.25) is 5.91 Å². The largest absolute Gasteiger partial charge is 0.492 e. The summed E-state index contributed by atoms with van der Waals surface area (Å²) in [4.78, 5) is 50.1. The third kappa shape index (κ3) is 15.8. The lowest BCUT2D eigenvalue weighted by molar-refractivity contribution is -0.150. The quantitative estimate of drug-likeness (QED) is 0.0958. The van der Waals surface area contributed by atoms with E-state index in [2.05, 4.69) is 17.2 Å². The zero-order valence-corrected chi connectivity index (χ0v) is 29.6. The van der Waals surface area contributed by atoms with Crippen LogP contribution in [0.15, 0.2) is 65.5 Å². The second-order valence-corrected chi connectivity index (χ2v) is 11.9. The van der Waals surface area contributed by atoms with Crippen LogP contribution in [0.25, 0.3) is 11.3 Å². The first-order chi connectivity index (χ1) is 24.1. The molecule has 274 valence electrons. The predicted octanol–water partition coefficient (Wildman–Crippen LogP) is 5.24. The van der Waals surface area contributed by atoms with Crippen LogP contribution in [0.2, 0.25) is 0 Å². The normalized spacial score (nSPS) is 12.0. The summed E-state index contributed by atoms with van der Waals surface area (Å²) in [6.45, 7) is 7.65. The van der Waals surface area contributed by atoms with E-state index in [0.717, 1.165) is 24.0 Å². The number of nitrogens with two attached hydrogens (primary N) is 1. The van der Waals surface area contributed by atoms with E-state index < -0.39 is 30.0 Å². The van der Waals surface area contributed by atoms with E-state index in [0.29, 0.717) is 50.0 Å². The number of rotatable bonds is 23. The van der Waals surface area contributed by atoms with Crippen LogP contribution in [0, 0.1) is 0 Å². The molecule has 0 bridgehead atoms. The van der Waals surface area contributed by atoms with Crippen molar-refractivity contribution in [3.05, 3.63) is 82.4 Å². The van der Waals surface area contributed by atoms with Crippen molar-refractivity contribution in [2.24, 2.45) is 5.73 Å². The molecule has 2 aromatic carbocycles. The van der Waals surface area contributed by atoms with Crippen LogP contribution in [0.1, 0.15) is 83.5 Å². The number of primary amides is 1. The van der Waals surface area contributed by atoms with E-state index in [4.69, 9.17) is 20.3 Å². The van der Waals surface area contributed by atoms with Crippen LogP contribution >= 0.6 is 0 Å². The lowest BCUT2D eigenvalue weighted by Crippen LogP contribution is -2.38. The average Bonchev–Trinajstić information content (AvgIpc) is 3.10. The third-order valence-corrected chi connectivity index (χ3v) is 7.94. The lowest BCUT2D eigenvalue weighted by Gasteiger charge is -2.14. The molecule has 12 heteroatoms. The van der Waals surface area contributed by atoms with Gasteiger partial charge in [-0.05, 0) is 44.0 Å². The number of unbranched alkanes of at least 4 members (excludes halogenated alkanes) is 5. The topological polar surface area (TPSA) is 183 Å². The Morgan fingerprint density at radius 3 is 2.20 bits per heavy atom. The monoisotopic (exact) mass is 694 g/mol. The van der Waals surface area contributed by atoms with Crippen molar-refractivity contribution in [2.75, 3.05) is 19.8 Å². The highest BCUT2D eigenvalue weighted by Crippen LogP contribution is 2.17. The Hall–Kier alpha value is -4.55. The van der Waals surface area contributed by atoms with Crippen LogP contribution in [0.3, 0.4) is 0 Å². The Labute approximate surface area is 295 Å². The standard InChI is InChI=1S/C25H28N2O5.C13H26N2O3/c1-3-23-26-21(19-8-6-5-7-9-19)17-24(28)27(23)14-15-32-20-12-10-18(11-13-20)16-22(25(29)30)31-4-2;1-2-3-4-5-6-7-10-15-11(13(17)18)8-9-12(14)16/h5-13,17,22H,3-4,14-16H2,1-2H3,(H,29,30);11,15H,2-10H2,1H3,(H2,14,16)(H,17,18). The van der Waals surface area contributed by atoms with Gasteiger partial charge in [0.15, 0.2) is 6.10 Å². The maximum absolute atomic E-state index is 12.7. The molecule has 0 saturated heterocycles. The zero-order valence-electron chi connectivity index (χ0n) is 29.6. The number of carbonyl (C=O) groups excluding carboxylic acids is 1. The van der Waals surface area contributed by atoms with Gasteiger partial charge >= 0.3 is 11.9 Å². The number of hydrogen-bond acceptors (Lipinski definition) is 8. The van der Waals surface area contributed by atoms with Crippen LogP contribution in [0.5, 0.6) is 5.75 Å². The molecule has 0 aliphatic rings. The highest BCUT2D eigenvalue weighted by molar-refractivity contribution is 5.77. The molecule has 1 amide bonds. The van der Waals surface area contributed by atoms with E-state index in [1.807, 2.05) is 49.4 Å². The number of nitrogens with zero attached hydrogens (tertiary/aromatic N) is 2. The highest BCUT2D eigenvalue weighted by Gasteiger charge is 2.18. The van der Waals surface area contributed by atoms with Crippen molar-refractivity contribution in [2.45, 2.75) is 104 Å². The molecule has 2 unspecified atom stereocenters. The Kier molecular flexibility index (Phi) is 19.8. The number of aliphatic carboxylic acids is 2. The van der Waals surface area contributed by atoms with E-state index in [-0.39, 0.29) is 24.8 Å². The predicted molar refractivity (Wildman–Crippen MR) is 193 cm³/mol. The van der Waals surface area contributed by atoms with Gasteiger partial charge in [-0.15, -0.1) is 0 Å². The molecule has 1 heterocycles. The minimum absolute atomic E-state index is 0.106. The summed E-state index contributed by atoms with van der Waals surface area (Å²) in [6.07, 6.45) is 7.48. The molecule has 3 rings (SSSR count). The number of carbonyl (C=O) groups is 3. The van der Waals surface area contributed by atoms with Crippen molar-refractivity contribution in [3.8, 4) is 17.0 Å². The molecule has 1 aromatic heterocycles. The summed E-state index contributed by atoms with van der Waals surface area (Å²) in [6, 6.07) is 17.8. The Balaban J connectivity index is 0.000000411. The number of hydrogen-bond donors (Lipinski definition) is 4. The number of ether oxygens (including phenoxy) is 2. The van der Waals surface area contributed by atoms with Gasteiger partial charge in [-0.2, -0.15) is 0 Å². The van der Waals surface area contributed by atoms with Crippen molar-refractivity contribution in [1.82, 2.24) is 14.9 Å². The van der Waals surface area contributed by atoms with Crippen LogP contribution in [-0.2, 0) is 38.5 Å². The number of amides is 1. The molecule has 0 aliphatic heterocycles. The summed E-state index contributed by atoms with van der Waals surface area (Å²) in [5, 5.41) is 21.1. The summed E-state index contributed by atoms with van der Waals surface area (Å²) < 4.78 is 12.7. The van der Waals surface area contributed by atoms with Crippen molar-refractivity contribution in [1.29, 1.82) is 0 Å². The lowest BCUT2D eigenvalue weighted by atomic mass is 10.1. The molecule has 2 atom stereocenters. The Bertz CT molecular complexity index is 1490. The minimum Gasteiger partial charge on any atom is -0.492 e. The number of aromatic nitrogens is 2. The smallest absolute Gasteiger partial charge is 0.333 e. The summed E-state index contributed by atoms with van der Waals surface area (Å²) in [5.41, 5.74) is 7.34. The fourth-order valence-electron chi connectivity index (χ4n) is 5.21. The molecule has 0 radical (unpaired) electrons. The molecule has 0 aliphatic carbocycles. The molecule has 12 nitrogen and oxygen atoms in total. The number of carboxylic acids is 2. The molecule has 0 spiro atoms. The molecular weight excluding hydrogens is 640 g/mol. The number of carboxylic acid groups (broad SMARTS) is 2. The van der Waals surface area contributed by atoms with E-state index in [1.54, 1.807) is 29.7 Å². The van der Waals surface area contributed by atoms with Crippen LogP contribution in [-0.4, -0.2) is 69.5 Å². The van der Waals surface area contributed by atoms with Crippen LogP contribution in [0.4, 0.5) is 0 Å². The number of nitrogens with one attached hydrogen (secondary N) is 1. The van der Waals surface area contributed by atoms with Crippen molar-refractivity contribution >= 4 is 17.8 Å². The van der Waals surface area contributed by atoms with Gasteiger partial charge in [-0.1, -0.05) is 88.4 Å². The van der Waals surface area contributed by atoms with Gasteiger partial charge < -0.3 is 30.7 Å². The Morgan fingerprint density at radius 1 is 0.920 bits per heavy atom. The molecule has 5 N–H and O–H groups in total. The third-order valence-electron chi connectivity index (χ3n) is 7.94. The Morgan fingerprint density at radius 2 is 1.60 bits per heavy atom. The van der Waals surface area contributed by atoms with E-state index in [1.165, 1.54) is 25.7 Å². The fourth-order valence-corrected chi connectivity index (χ4v) is 5.21. The van der Waals surface area contributed by atoms with Crippen LogP contribution < -0.4 is 21.3 Å². The van der Waals surface area contributed by atoms with Crippen molar-refractivity contribution in [3.63, 3.8) is 0 Å². The summed E-state index contributed by atoms with van der Waals surface area (Å²) in [7, 11) is 0. The number of aryl methyl sites for hydroxylation is 1. The fraction of sp³-hybridized carbons (Fsp3) is 0.500. The van der Waals surface area contributed by atoms with Crippen molar-refractivity contribution < 1.29 is 34.1 Å². The average molecular weight is 695 g/mol. The van der Waals surface area contributed by atoms with E-state index >= 15 is 0 Å². The van der Waals surface area contributed by atoms with E-state index in [9.17, 15) is 24.3 Å². The first kappa shape index (κ1) is 41.6. The van der Waals surface area contributed by atoms with Gasteiger partial charge in [0.1, 0.15) is 24.2 Å². The molecule has 0 saturated carbocycles. The second kappa shape index (κ2) is 23.7. The molecule has 3 aromatic rings. The molecule has 50 heavy (non-hydrogen) atoms. The van der Waals surface area contributed by atoms with Gasteiger partial charge in [0.05, 0.1) is 12.2 Å². The first-order valence-electron chi connectivity index (χ1n) is 17.6. The van der Waals surface area contributed by atoms with Gasteiger partial charge in [-0.25, -0.2) is 9.78 Å². The zero-order chi connectivity index (χ0) is 36.7. The summed E-state index contributed by atoms with van der Waals surface area (Å²) in [5.74, 6) is -0.982. The SMILES string of the molecule is CCCCCCCCNC(CCC(N)=O)C(=O)O.CCOC(Cc1ccc(OCCn2c(CC)nc(-c3ccccc3)cc2=O)cc1)C(=O)O. The molecular formula is C38H54N4O8. The molecule has 0 fully saturated rings. The van der Waals surface area contributed by atoms with Gasteiger partial charge in [0.25, 0.3) is 5.56 Å².